The minimum atomic E-state index is -3.10. The number of hydrogen-bond donors (Lipinski definition) is 1. The van der Waals surface area contributed by atoms with Gasteiger partial charge in [0, 0.05) is 18.0 Å². The SMILES string of the molecule is O=S1(=O)CCC(NCc2cscn2)c2ccccc21. The van der Waals surface area contributed by atoms with E-state index in [1.807, 2.05) is 17.5 Å². The Bertz CT molecular complexity index is 666. The zero-order chi connectivity index (χ0) is 13.3. The number of nitrogens with zero attached hydrogens (tertiary/aromatic N) is 1. The summed E-state index contributed by atoms with van der Waals surface area (Å²) in [4.78, 5) is 4.69. The van der Waals surface area contributed by atoms with Crippen molar-refractivity contribution in [3.8, 4) is 0 Å². The predicted octanol–water partition coefficient (Wildman–Crippen LogP) is 2.15. The number of hydrogen-bond acceptors (Lipinski definition) is 5. The Morgan fingerprint density at radius 1 is 1.37 bits per heavy atom. The molecule has 0 amide bonds. The second-order valence-electron chi connectivity index (χ2n) is 4.56. The fourth-order valence-corrected chi connectivity index (χ4v) is 4.53. The maximum atomic E-state index is 12.0. The van der Waals surface area contributed by atoms with Crippen molar-refractivity contribution in [3.63, 3.8) is 0 Å². The summed E-state index contributed by atoms with van der Waals surface area (Å²) in [5.41, 5.74) is 3.68. The summed E-state index contributed by atoms with van der Waals surface area (Å²) >= 11 is 1.56. The van der Waals surface area contributed by atoms with Gasteiger partial charge in [0.05, 0.1) is 21.9 Å². The summed E-state index contributed by atoms with van der Waals surface area (Å²) in [5, 5.41) is 5.40. The first-order valence-electron chi connectivity index (χ1n) is 6.09. The summed E-state index contributed by atoms with van der Waals surface area (Å²) in [6, 6.07) is 7.34. The normalized spacial score (nSPS) is 20.9. The van der Waals surface area contributed by atoms with Gasteiger partial charge in [-0.25, -0.2) is 13.4 Å². The van der Waals surface area contributed by atoms with Crippen LogP contribution in [0.25, 0.3) is 0 Å². The van der Waals surface area contributed by atoms with Gasteiger partial charge in [-0.1, -0.05) is 18.2 Å². The van der Waals surface area contributed by atoms with E-state index in [0.717, 1.165) is 11.3 Å². The van der Waals surface area contributed by atoms with Crippen molar-refractivity contribution in [2.45, 2.75) is 23.9 Å². The lowest BCUT2D eigenvalue weighted by Crippen LogP contribution is -2.29. The van der Waals surface area contributed by atoms with Crippen LogP contribution < -0.4 is 5.32 Å². The molecule has 1 atom stereocenters. The van der Waals surface area contributed by atoms with Crippen LogP contribution in [0.15, 0.2) is 40.1 Å². The number of thiazole rings is 1. The summed E-state index contributed by atoms with van der Waals surface area (Å²) in [6.07, 6.45) is 0.615. The third kappa shape index (κ3) is 2.56. The van der Waals surface area contributed by atoms with Crippen molar-refractivity contribution in [2.75, 3.05) is 5.75 Å². The molecular formula is C13H14N2O2S2. The average Bonchev–Trinajstić information content (AvgIpc) is 2.91. The Labute approximate surface area is 116 Å². The van der Waals surface area contributed by atoms with Crippen molar-refractivity contribution in [1.82, 2.24) is 10.3 Å². The van der Waals surface area contributed by atoms with Gasteiger partial charge >= 0.3 is 0 Å². The third-order valence-corrected chi connectivity index (χ3v) is 5.77. The molecule has 0 saturated heterocycles. The van der Waals surface area contributed by atoms with Gasteiger partial charge < -0.3 is 5.32 Å². The minimum Gasteiger partial charge on any atom is -0.304 e. The molecule has 0 bridgehead atoms. The monoisotopic (exact) mass is 294 g/mol. The lowest BCUT2D eigenvalue weighted by Gasteiger charge is -2.26. The van der Waals surface area contributed by atoms with E-state index < -0.39 is 9.84 Å². The van der Waals surface area contributed by atoms with E-state index in [1.54, 1.807) is 29.0 Å². The molecule has 1 aromatic heterocycles. The van der Waals surface area contributed by atoms with E-state index in [4.69, 9.17) is 0 Å². The van der Waals surface area contributed by atoms with Crippen molar-refractivity contribution >= 4 is 21.2 Å². The van der Waals surface area contributed by atoms with Gasteiger partial charge in [-0.15, -0.1) is 11.3 Å². The van der Waals surface area contributed by atoms with Crippen molar-refractivity contribution in [3.05, 3.63) is 46.4 Å². The number of sulfone groups is 1. The molecule has 6 heteroatoms. The van der Waals surface area contributed by atoms with Gasteiger partial charge in [0.15, 0.2) is 9.84 Å². The van der Waals surface area contributed by atoms with Crippen LogP contribution in [-0.2, 0) is 16.4 Å². The molecule has 1 aliphatic heterocycles. The van der Waals surface area contributed by atoms with Gasteiger partial charge in [0.2, 0.25) is 0 Å². The van der Waals surface area contributed by atoms with Crippen LogP contribution in [0.1, 0.15) is 23.7 Å². The van der Waals surface area contributed by atoms with Crippen LogP contribution in [0.2, 0.25) is 0 Å². The highest BCUT2D eigenvalue weighted by atomic mass is 32.2. The Hall–Kier alpha value is -1.24. The Morgan fingerprint density at radius 3 is 3.00 bits per heavy atom. The molecule has 1 aromatic carbocycles. The van der Waals surface area contributed by atoms with Gasteiger partial charge in [-0.2, -0.15) is 0 Å². The van der Waals surface area contributed by atoms with Crippen molar-refractivity contribution < 1.29 is 8.42 Å². The number of fused-ring (bicyclic) bond motifs is 1. The van der Waals surface area contributed by atoms with Gasteiger partial charge in [0.25, 0.3) is 0 Å². The number of rotatable bonds is 3. The molecule has 1 aliphatic rings. The molecule has 2 heterocycles. The first-order chi connectivity index (χ1) is 9.17. The summed E-state index contributed by atoms with van der Waals surface area (Å²) in [6.45, 7) is 0.669. The number of nitrogens with one attached hydrogen (secondary N) is 1. The Morgan fingerprint density at radius 2 is 2.21 bits per heavy atom. The summed E-state index contributed by atoms with van der Waals surface area (Å²) < 4.78 is 24.0. The van der Waals surface area contributed by atoms with Crippen LogP contribution in [0.3, 0.4) is 0 Å². The highest BCUT2D eigenvalue weighted by Crippen LogP contribution is 2.31. The Kier molecular flexibility index (Phi) is 3.38. The lowest BCUT2D eigenvalue weighted by atomic mass is 10.0. The summed E-state index contributed by atoms with van der Waals surface area (Å²) in [5.74, 6) is 0.207. The lowest BCUT2D eigenvalue weighted by molar-refractivity contribution is 0.489. The second kappa shape index (κ2) is 5.03. The molecule has 19 heavy (non-hydrogen) atoms. The van der Waals surface area contributed by atoms with Crippen LogP contribution in [0, 0.1) is 0 Å². The fraction of sp³-hybridized carbons (Fsp3) is 0.308. The maximum Gasteiger partial charge on any atom is 0.178 e. The second-order valence-corrected chi connectivity index (χ2v) is 7.35. The van der Waals surface area contributed by atoms with Gasteiger partial charge in [-0.05, 0) is 18.1 Å². The van der Waals surface area contributed by atoms with E-state index in [-0.39, 0.29) is 11.8 Å². The smallest absolute Gasteiger partial charge is 0.178 e. The van der Waals surface area contributed by atoms with Gasteiger partial charge in [-0.3, -0.25) is 0 Å². The van der Waals surface area contributed by atoms with Gasteiger partial charge in [0.1, 0.15) is 0 Å². The Balaban J connectivity index is 1.84. The van der Waals surface area contributed by atoms with Crippen molar-refractivity contribution in [1.29, 1.82) is 0 Å². The van der Waals surface area contributed by atoms with Crippen LogP contribution in [0.5, 0.6) is 0 Å². The zero-order valence-electron chi connectivity index (χ0n) is 10.2. The van der Waals surface area contributed by atoms with Crippen LogP contribution in [0.4, 0.5) is 0 Å². The maximum absolute atomic E-state index is 12.0. The number of benzene rings is 1. The van der Waals surface area contributed by atoms with Crippen molar-refractivity contribution in [2.24, 2.45) is 0 Å². The molecule has 1 unspecified atom stereocenters. The molecule has 3 rings (SSSR count). The molecule has 1 N–H and O–H groups in total. The van der Waals surface area contributed by atoms with E-state index >= 15 is 0 Å². The molecule has 0 fully saturated rings. The molecule has 2 aromatic rings. The van der Waals surface area contributed by atoms with E-state index in [1.165, 1.54) is 0 Å². The molecule has 0 aliphatic carbocycles. The first kappa shape index (κ1) is 12.8. The van der Waals surface area contributed by atoms with E-state index in [2.05, 4.69) is 10.3 Å². The quantitative estimate of drug-likeness (QED) is 0.942. The highest BCUT2D eigenvalue weighted by molar-refractivity contribution is 7.91. The molecule has 0 radical (unpaired) electrons. The first-order valence-corrected chi connectivity index (χ1v) is 8.68. The van der Waals surface area contributed by atoms with Crippen LogP contribution >= 0.6 is 11.3 Å². The van der Waals surface area contributed by atoms with E-state index in [0.29, 0.717) is 17.9 Å². The summed E-state index contributed by atoms with van der Waals surface area (Å²) in [7, 11) is -3.10. The molecular weight excluding hydrogens is 280 g/mol. The highest BCUT2D eigenvalue weighted by Gasteiger charge is 2.29. The number of aromatic nitrogens is 1. The van der Waals surface area contributed by atoms with Crippen LogP contribution in [-0.4, -0.2) is 19.2 Å². The average molecular weight is 294 g/mol. The largest absolute Gasteiger partial charge is 0.304 e. The molecule has 100 valence electrons. The topological polar surface area (TPSA) is 59.1 Å². The predicted molar refractivity (Wildman–Crippen MR) is 74.8 cm³/mol. The molecule has 0 spiro atoms. The zero-order valence-corrected chi connectivity index (χ0v) is 11.9. The molecule has 0 saturated carbocycles. The minimum absolute atomic E-state index is 0.0847. The fourth-order valence-electron chi connectivity index (χ4n) is 2.35. The van der Waals surface area contributed by atoms with E-state index in [9.17, 15) is 8.42 Å². The molecule has 4 nitrogen and oxygen atoms in total. The third-order valence-electron chi connectivity index (χ3n) is 3.32. The standard InChI is InChI=1S/C13H14N2O2S2/c16-19(17)6-5-12(11-3-1-2-4-13(11)19)14-7-10-8-18-9-15-10/h1-4,8-9,12,14H,5-7H2.